The third-order valence-corrected chi connectivity index (χ3v) is 3.64. The summed E-state index contributed by atoms with van der Waals surface area (Å²) in [7, 11) is 0. The topological polar surface area (TPSA) is 75.6 Å². The van der Waals surface area contributed by atoms with Gasteiger partial charge in [-0.05, 0) is 54.9 Å². The first kappa shape index (κ1) is 18.9. The van der Waals surface area contributed by atoms with Gasteiger partial charge in [-0.3, -0.25) is 4.79 Å². The van der Waals surface area contributed by atoms with Crippen LogP contribution in [0.2, 0.25) is 5.02 Å². The number of halogens is 2. The fourth-order valence-corrected chi connectivity index (χ4v) is 2.25. The molecule has 0 spiro atoms. The monoisotopic (exact) mass is 391 g/mol. The average molecular weight is 393 g/mol. The van der Waals surface area contributed by atoms with E-state index in [0.717, 1.165) is 0 Å². The third-order valence-electron chi connectivity index (χ3n) is 2.72. The number of carbonyl (C=O) groups is 2. The van der Waals surface area contributed by atoms with Crippen LogP contribution in [-0.4, -0.2) is 35.2 Å². The lowest BCUT2D eigenvalue weighted by atomic mass is 10.1. The Kier molecular flexibility index (Phi) is 6.84. The van der Waals surface area contributed by atoms with E-state index in [1.165, 1.54) is 6.07 Å². The second-order valence-electron chi connectivity index (χ2n) is 5.74. The first-order valence-electron chi connectivity index (χ1n) is 6.73. The fourth-order valence-electron chi connectivity index (χ4n) is 1.65. The molecule has 0 fully saturated rings. The smallest absolute Gasteiger partial charge is 0.326 e. The third kappa shape index (κ3) is 6.34. The molecule has 122 valence electrons. The van der Waals surface area contributed by atoms with Crippen LogP contribution in [0.1, 0.15) is 37.6 Å². The number of ether oxygens (including phenoxy) is 1. The Morgan fingerprint density at radius 2 is 2.05 bits per heavy atom. The molecule has 7 heteroatoms. The molecule has 1 rings (SSSR count). The van der Waals surface area contributed by atoms with E-state index in [1.54, 1.807) is 12.1 Å². The summed E-state index contributed by atoms with van der Waals surface area (Å²) < 4.78 is 6.04. The standard InChI is InChI=1S/C15H19BrClNO4/c1-15(2,3)22-7-6-12(14(20)21)18-13(19)10-8-9(17)4-5-11(10)16/h4-5,8,12H,6-7H2,1-3H3,(H,18,19)(H,20,21). The van der Waals surface area contributed by atoms with Gasteiger partial charge in [0.15, 0.2) is 0 Å². The minimum Gasteiger partial charge on any atom is -0.480 e. The summed E-state index contributed by atoms with van der Waals surface area (Å²) in [6.45, 7) is 5.87. The number of rotatable bonds is 6. The van der Waals surface area contributed by atoms with Gasteiger partial charge in [-0.2, -0.15) is 0 Å². The second kappa shape index (κ2) is 7.94. The van der Waals surface area contributed by atoms with E-state index in [1.807, 2.05) is 20.8 Å². The van der Waals surface area contributed by atoms with Crippen LogP contribution < -0.4 is 5.32 Å². The number of benzene rings is 1. The molecule has 22 heavy (non-hydrogen) atoms. The van der Waals surface area contributed by atoms with Gasteiger partial charge in [-0.1, -0.05) is 11.6 Å². The minimum absolute atomic E-state index is 0.177. The van der Waals surface area contributed by atoms with Gasteiger partial charge in [-0.15, -0.1) is 0 Å². The van der Waals surface area contributed by atoms with Crippen LogP contribution in [0.25, 0.3) is 0 Å². The molecule has 1 atom stereocenters. The van der Waals surface area contributed by atoms with E-state index in [-0.39, 0.29) is 24.2 Å². The number of aliphatic carboxylic acids is 1. The molecule has 0 saturated heterocycles. The van der Waals surface area contributed by atoms with Gasteiger partial charge in [0.05, 0.1) is 11.2 Å². The van der Waals surface area contributed by atoms with Crippen molar-refractivity contribution in [2.24, 2.45) is 0 Å². The van der Waals surface area contributed by atoms with E-state index in [0.29, 0.717) is 9.50 Å². The average Bonchev–Trinajstić information content (AvgIpc) is 2.38. The molecule has 1 unspecified atom stereocenters. The van der Waals surface area contributed by atoms with Gasteiger partial charge in [0.1, 0.15) is 6.04 Å². The first-order valence-corrected chi connectivity index (χ1v) is 7.90. The number of hydrogen-bond acceptors (Lipinski definition) is 3. The largest absolute Gasteiger partial charge is 0.480 e. The maximum atomic E-state index is 12.2. The summed E-state index contributed by atoms with van der Waals surface area (Å²) in [4.78, 5) is 23.5. The molecular formula is C15H19BrClNO4. The van der Waals surface area contributed by atoms with Crippen molar-refractivity contribution in [1.82, 2.24) is 5.32 Å². The Balaban J connectivity index is 2.72. The molecule has 0 radical (unpaired) electrons. The predicted molar refractivity (Wildman–Crippen MR) is 88.4 cm³/mol. The zero-order valence-corrected chi connectivity index (χ0v) is 15.0. The van der Waals surface area contributed by atoms with Crippen LogP contribution in [0.4, 0.5) is 0 Å². The molecule has 0 aliphatic carbocycles. The van der Waals surface area contributed by atoms with Crippen LogP contribution in [0.3, 0.4) is 0 Å². The fraction of sp³-hybridized carbons (Fsp3) is 0.467. The molecule has 0 aliphatic heterocycles. The van der Waals surface area contributed by atoms with Crippen LogP contribution in [0, 0.1) is 0 Å². The molecule has 0 aliphatic rings. The highest BCUT2D eigenvalue weighted by Gasteiger charge is 2.22. The van der Waals surface area contributed by atoms with Crippen molar-refractivity contribution in [3.8, 4) is 0 Å². The molecule has 0 heterocycles. The molecular weight excluding hydrogens is 374 g/mol. The molecule has 5 nitrogen and oxygen atoms in total. The zero-order chi connectivity index (χ0) is 16.9. The number of hydrogen-bond donors (Lipinski definition) is 2. The highest BCUT2D eigenvalue weighted by Crippen LogP contribution is 2.21. The van der Waals surface area contributed by atoms with Crippen molar-refractivity contribution in [1.29, 1.82) is 0 Å². The Bertz CT molecular complexity index is 557. The summed E-state index contributed by atoms with van der Waals surface area (Å²) in [5, 5.41) is 12.1. The lowest BCUT2D eigenvalue weighted by Gasteiger charge is -2.21. The predicted octanol–water partition coefficient (Wildman–Crippen LogP) is 3.49. The van der Waals surface area contributed by atoms with Gasteiger partial charge < -0.3 is 15.2 Å². The van der Waals surface area contributed by atoms with Crippen molar-refractivity contribution in [3.05, 3.63) is 33.3 Å². The Morgan fingerprint density at radius 3 is 2.59 bits per heavy atom. The summed E-state index contributed by atoms with van der Waals surface area (Å²) in [6, 6.07) is 3.72. The van der Waals surface area contributed by atoms with E-state index in [9.17, 15) is 14.7 Å². The Hall–Kier alpha value is -1.11. The maximum Gasteiger partial charge on any atom is 0.326 e. The minimum atomic E-state index is -1.11. The number of carbonyl (C=O) groups excluding carboxylic acids is 1. The van der Waals surface area contributed by atoms with Gasteiger partial charge in [0, 0.05) is 22.5 Å². The van der Waals surface area contributed by atoms with Crippen LogP contribution >= 0.6 is 27.5 Å². The normalized spacial score (nSPS) is 12.8. The second-order valence-corrected chi connectivity index (χ2v) is 7.03. The lowest BCUT2D eigenvalue weighted by molar-refractivity contribution is -0.140. The van der Waals surface area contributed by atoms with E-state index in [2.05, 4.69) is 21.2 Å². The lowest BCUT2D eigenvalue weighted by Crippen LogP contribution is -2.42. The van der Waals surface area contributed by atoms with Crippen LogP contribution in [0.15, 0.2) is 22.7 Å². The highest BCUT2D eigenvalue weighted by atomic mass is 79.9. The molecule has 1 aromatic carbocycles. The zero-order valence-electron chi connectivity index (χ0n) is 12.7. The number of carboxylic acids is 1. The molecule has 2 N–H and O–H groups in total. The Labute approximate surface area is 143 Å². The number of nitrogens with one attached hydrogen (secondary N) is 1. The van der Waals surface area contributed by atoms with Crippen LogP contribution in [-0.2, 0) is 9.53 Å². The maximum absolute atomic E-state index is 12.2. The van der Waals surface area contributed by atoms with Gasteiger partial charge in [0.25, 0.3) is 5.91 Å². The van der Waals surface area contributed by atoms with Crippen molar-refractivity contribution in [3.63, 3.8) is 0 Å². The van der Waals surface area contributed by atoms with Crippen molar-refractivity contribution in [2.45, 2.75) is 38.8 Å². The molecule has 0 bridgehead atoms. The summed E-state index contributed by atoms with van der Waals surface area (Å²) in [5.41, 5.74) is -0.0706. The van der Waals surface area contributed by atoms with Crippen molar-refractivity contribution < 1.29 is 19.4 Å². The summed E-state index contributed by atoms with van der Waals surface area (Å²) in [5.74, 6) is -1.61. The molecule has 0 saturated carbocycles. The van der Waals surface area contributed by atoms with Crippen LogP contribution in [0.5, 0.6) is 0 Å². The van der Waals surface area contributed by atoms with E-state index in [4.69, 9.17) is 16.3 Å². The van der Waals surface area contributed by atoms with Gasteiger partial charge in [0.2, 0.25) is 0 Å². The Morgan fingerprint density at radius 1 is 1.41 bits per heavy atom. The van der Waals surface area contributed by atoms with Crippen molar-refractivity contribution in [2.75, 3.05) is 6.61 Å². The van der Waals surface area contributed by atoms with E-state index < -0.39 is 17.9 Å². The van der Waals surface area contributed by atoms with Crippen molar-refractivity contribution >= 4 is 39.4 Å². The summed E-state index contributed by atoms with van der Waals surface area (Å²) >= 11 is 9.10. The number of amides is 1. The number of carboxylic acid groups (broad SMARTS) is 1. The first-order chi connectivity index (χ1) is 10.1. The van der Waals surface area contributed by atoms with E-state index >= 15 is 0 Å². The summed E-state index contributed by atoms with van der Waals surface area (Å²) in [6.07, 6.45) is 0.177. The van der Waals surface area contributed by atoms with Gasteiger partial charge >= 0.3 is 5.97 Å². The highest BCUT2D eigenvalue weighted by molar-refractivity contribution is 9.10. The SMILES string of the molecule is CC(C)(C)OCCC(NC(=O)c1cc(Cl)ccc1Br)C(=O)O. The molecule has 1 amide bonds. The molecule has 1 aromatic rings. The van der Waals surface area contributed by atoms with Gasteiger partial charge in [-0.25, -0.2) is 4.79 Å². The quantitative estimate of drug-likeness (QED) is 0.777. The molecule has 0 aromatic heterocycles.